The molecule has 0 bridgehead atoms. The zero-order valence-corrected chi connectivity index (χ0v) is 10.4. The monoisotopic (exact) mass is 258 g/mol. The van der Waals surface area contributed by atoms with Gasteiger partial charge in [0.1, 0.15) is 5.75 Å². The first kappa shape index (κ1) is 13.7. The Morgan fingerprint density at radius 1 is 1.53 bits per heavy atom. The third-order valence-corrected chi connectivity index (χ3v) is 2.74. The molecule has 0 unspecified atom stereocenters. The van der Waals surface area contributed by atoms with Crippen LogP contribution in [0.5, 0.6) is 5.75 Å². The van der Waals surface area contributed by atoms with Crippen LogP contribution < -0.4 is 5.73 Å². The van der Waals surface area contributed by atoms with Crippen molar-refractivity contribution < 1.29 is 10.0 Å². The van der Waals surface area contributed by atoms with E-state index in [4.69, 9.17) is 17.3 Å². The molecular formula is C11H15ClN2O3. The Morgan fingerprint density at radius 2 is 2.12 bits per heavy atom. The molecule has 5 nitrogen and oxygen atoms in total. The summed E-state index contributed by atoms with van der Waals surface area (Å²) < 4.78 is 0. The van der Waals surface area contributed by atoms with Gasteiger partial charge in [-0.05, 0) is 18.4 Å². The average Bonchev–Trinajstić information content (AvgIpc) is 2.20. The van der Waals surface area contributed by atoms with Gasteiger partial charge in [0.05, 0.1) is 15.5 Å². The highest BCUT2D eigenvalue weighted by molar-refractivity contribution is 6.32. The number of aromatic hydroxyl groups is 1. The van der Waals surface area contributed by atoms with Gasteiger partial charge in [-0.25, -0.2) is 0 Å². The summed E-state index contributed by atoms with van der Waals surface area (Å²) in [5.74, 6) is -0.0306. The molecule has 6 heteroatoms. The summed E-state index contributed by atoms with van der Waals surface area (Å²) in [5, 5.41) is 20.7. The molecule has 3 N–H and O–H groups in total. The maximum atomic E-state index is 10.9. The maximum Gasteiger partial charge on any atom is 0.277 e. The van der Waals surface area contributed by atoms with Crippen LogP contribution in [0.1, 0.15) is 31.9 Å². The van der Waals surface area contributed by atoms with E-state index in [1.54, 1.807) is 0 Å². The molecule has 0 amide bonds. The number of nitro benzene ring substituents is 1. The van der Waals surface area contributed by atoms with Crippen molar-refractivity contribution in [3.63, 3.8) is 0 Å². The molecule has 0 fully saturated rings. The highest BCUT2D eigenvalue weighted by Gasteiger charge is 2.25. The van der Waals surface area contributed by atoms with Crippen LogP contribution in [0.25, 0.3) is 0 Å². The van der Waals surface area contributed by atoms with E-state index in [0.717, 1.165) is 0 Å². The fourth-order valence-electron chi connectivity index (χ4n) is 1.72. The summed E-state index contributed by atoms with van der Waals surface area (Å²) in [7, 11) is 0. The van der Waals surface area contributed by atoms with Crippen molar-refractivity contribution in [3.8, 4) is 5.75 Å². The van der Waals surface area contributed by atoms with Gasteiger partial charge < -0.3 is 10.8 Å². The third kappa shape index (κ3) is 3.08. The molecule has 0 aromatic heterocycles. The van der Waals surface area contributed by atoms with E-state index in [9.17, 15) is 15.2 Å². The van der Waals surface area contributed by atoms with E-state index in [1.807, 2.05) is 13.8 Å². The first-order valence-electron chi connectivity index (χ1n) is 5.26. The molecule has 0 aliphatic heterocycles. The number of rotatable bonds is 4. The van der Waals surface area contributed by atoms with Gasteiger partial charge in [-0.3, -0.25) is 10.1 Å². The molecule has 0 aliphatic rings. The van der Waals surface area contributed by atoms with Gasteiger partial charge in [-0.1, -0.05) is 25.4 Å². The van der Waals surface area contributed by atoms with Crippen LogP contribution in [0.4, 0.5) is 5.69 Å². The molecule has 1 aromatic rings. The number of halogens is 1. The van der Waals surface area contributed by atoms with Crippen LogP contribution in [0.3, 0.4) is 0 Å². The average molecular weight is 259 g/mol. The molecule has 94 valence electrons. The van der Waals surface area contributed by atoms with E-state index in [-0.39, 0.29) is 27.9 Å². The van der Waals surface area contributed by atoms with Gasteiger partial charge in [0.2, 0.25) is 0 Å². The largest absolute Gasteiger partial charge is 0.506 e. The second kappa shape index (κ2) is 5.33. The number of phenolic OH excluding ortho intramolecular Hbond substituents is 1. The lowest BCUT2D eigenvalue weighted by molar-refractivity contribution is -0.385. The summed E-state index contributed by atoms with van der Waals surface area (Å²) in [6, 6.07) is 1.95. The summed E-state index contributed by atoms with van der Waals surface area (Å²) >= 11 is 5.74. The smallest absolute Gasteiger partial charge is 0.277 e. The zero-order chi connectivity index (χ0) is 13.2. The lowest BCUT2D eigenvalue weighted by atomic mass is 9.96. The van der Waals surface area contributed by atoms with Gasteiger partial charge in [0.15, 0.2) is 0 Å². The van der Waals surface area contributed by atoms with Crippen molar-refractivity contribution in [1.29, 1.82) is 0 Å². The Bertz CT molecular complexity index is 435. The second-order valence-corrected chi connectivity index (χ2v) is 4.73. The van der Waals surface area contributed by atoms with Crippen molar-refractivity contribution in [3.05, 3.63) is 32.8 Å². The predicted molar refractivity (Wildman–Crippen MR) is 66.2 cm³/mol. The highest BCUT2D eigenvalue weighted by atomic mass is 35.5. The summed E-state index contributed by atoms with van der Waals surface area (Å²) in [5.41, 5.74) is 5.79. The quantitative estimate of drug-likeness (QED) is 0.642. The number of nitrogens with two attached hydrogens (primary N) is 1. The molecule has 1 atom stereocenters. The van der Waals surface area contributed by atoms with Crippen LogP contribution in [0, 0.1) is 16.0 Å². The minimum absolute atomic E-state index is 0.0739. The molecule has 0 aliphatic carbocycles. The van der Waals surface area contributed by atoms with Crippen molar-refractivity contribution in [2.24, 2.45) is 11.7 Å². The molecule has 0 radical (unpaired) electrons. The van der Waals surface area contributed by atoms with Crippen molar-refractivity contribution in [1.82, 2.24) is 0 Å². The molecule has 0 heterocycles. The minimum Gasteiger partial charge on any atom is -0.506 e. The number of nitrogens with zero attached hydrogens (tertiary/aromatic N) is 1. The van der Waals surface area contributed by atoms with Crippen LogP contribution in [-0.2, 0) is 0 Å². The van der Waals surface area contributed by atoms with Crippen LogP contribution in [0.15, 0.2) is 12.1 Å². The van der Waals surface area contributed by atoms with Gasteiger partial charge in [-0.2, -0.15) is 0 Å². The van der Waals surface area contributed by atoms with Crippen LogP contribution >= 0.6 is 11.6 Å². The molecule has 1 aromatic carbocycles. The first-order valence-corrected chi connectivity index (χ1v) is 5.63. The predicted octanol–water partition coefficient (Wildman–Crippen LogP) is 3.00. The Balaban J connectivity index is 3.27. The Morgan fingerprint density at radius 3 is 2.59 bits per heavy atom. The second-order valence-electron chi connectivity index (χ2n) is 4.32. The van der Waals surface area contributed by atoms with Crippen LogP contribution in [-0.4, -0.2) is 10.0 Å². The Hall–Kier alpha value is -1.33. The van der Waals surface area contributed by atoms with Gasteiger partial charge in [0.25, 0.3) is 5.69 Å². The lowest BCUT2D eigenvalue weighted by Crippen LogP contribution is -2.15. The summed E-state index contributed by atoms with van der Waals surface area (Å²) in [6.07, 6.45) is 0.536. The Kier molecular flexibility index (Phi) is 4.31. The van der Waals surface area contributed by atoms with Crippen LogP contribution in [0.2, 0.25) is 5.02 Å². The fourth-order valence-corrected chi connectivity index (χ4v) is 1.89. The SMILES string of the molecule is CC(C)C[C@H](N)c1c([N+](=O)[O-])ccc(Cl)c1O. The molecule has 0 spiro atoms. The molecule has 1 rings (SSSR count). The normalized spacial score (nSPS) is 12.8. The Labute approximate surface area is 104 Å². The van der Waals surface area contributed by atoms with Gasteiger partial charge >= 0.3 is 0 Å². The first-order chi connectivity index (χ1) is 7.84. The highest BCUT2D eigenvalue weighted by Crippen LogP contribution is 2.39. The van der Waals surface area contributed by atoms with E-state index < -0.39 is 11.0 Å². The molecule has 0 saturated heterocycles. The van der Waals surface area contributed by atoms with Gasteiger partial charge in [0, 0.05) is 12.1 Å². The number of hydrogen-bond donors (Lipinski definition) is 2. The molecule has 0 saturated carbocycles. The van der Waals surface area contributed by atoms with E-state index >= 15 is 0 Å². The minimum atomic E-state index is -0.603. The van der Waals surface area contributed by atoms with E-state index in [1.165, 1.54) is 12.1 Å². The van der Waals surface area contributed by atoms with E-state index in [0.29, 0.717) is 6.42 Å². The lowest BCUT2D eigenvalue weighted by Gasteiger charge is -2.16. The summed E-state index contributed by atoms with van der Waals surface area (Å²) in [6.45, 7) is 3.90. The van der Waals surface area contributed by atoms with E-state index in [2.05, 4.69) is 0 Å². The summed E-state index contributed by atoms with van der Waals surface area (Å²) in [4.78, 5) is 10.3. The number of hydrogen-bond acceptors (Lipinski definition) is 4. The molecular weight excluding hydrogens is 244 g/mol. The van der Waals surface area contributed by atoms with Crippen molar-refractivity contribution in [2.75, 3.05) is 0 Å². The fraction of sp³-hybridized carbons (Fsp3) is 0.455. The maximum absolute atomic E-state index is 10.9. The standard InChI is InChI=1S/C11H15ClN2O3/c1-6(2)5-8(13)10-9(14(16)17)4-3-7(12)11(10)15/h3-4,6,8,15H,5,13H2,1-2H3/t8-/m0/s1. The molecule has 17 heavy (non-hydrogen) atoms. The number of phenols is 1. The number of nitro groups is 1. The zero-order valence-electron chi connectivity index (χ0n) is 9.68. The van der Waals surface area contributed by atoms with Gasteiger partial charge in [-0.15, -0.1) is 0 Å². The topological polar surface area (TPSA) is 89.4 Å². The van der Waals surface area contributed by atoms with Crippen molar-refractivity contribution >= 4 is 17.3 Å². The number of benzene rings is 1. The third-order valence-electron chi connectivity index (χ3n) is 2.44. The van der Waals surface area contributed by atoms with Crippen molar-refractivity contribution in [2.45, 2.75) is 26.3 Å².